The maximum atomic E-state index is 13.8. The van der Waals surface area contributed by atoms with Crippen LogP contribution in [0.4, 0.5) is 10.1 Å². The van der Waals surface area contributed by atoms with E-state index in [4.69, 9.17) is 4.74 Å². The minimum absolute atomic E-state index is 0.00361. The third-order valence-corrected chi connectivity index (χ3v) is 7.85. The average Bonchev–Trinajstić information content (AvgIpc) is 2.97. The Kier molecular flexibility index (Phi) is 12.3. The van der Waals surface area contributed by atoms with E-state index in [1.807, 2.05) is 44.2 Å². The van der Waals surface area contributed by atoms with E-state index < -0.39 is 21.9 Å². The number of para-hydroxylation sites is 2. The molecule has 0 fully saturated rings. The van der Waals surface area contributed by atoms with Crippen molar-refractivity contribution < 1.29 is 27.1 Å². The van der Waals surface area contributed by atoms with E-state index in [2.05, 4.69) is 5.32 Å². The Balaban J connectivity index is 1.88. The molecule has 0 heterocycles. The number of carbonyl (C=O) groups is 2. The first-order valence-corrected chi connectivity index (χ1v) is 16.0. The number of carbonyl (C=O) groups excluding carboxylic acids is 2. The van der Waals surface area contributed by atoms with Crippen LogP contribution in [0.3, 0.4) is 0 Å². The second-order valence-electron chi connectivity index (χ2n) is 9.98. The van der Waals surface area contributed by atoms with E-state index in [0.717, 1.165) is 18.2 Å². The van der Waals surface area contributed by atoms with Gasteiger partial charge in [0.1, 0.15) is 17.6 Å². The zero-order chi connectivity index (χ0) is 30.5. The zero-order valence-electron chi connectivity index (χ0n) is 24.5. The highest BCUT2D eigenvalue weighted by atomic mass is 32.2. The minimum atomic E-state index is -3.68. The number of rotatable bonds is 16. The van der Waals surface area contributed by atoms with E-state index in [1.165, 1.54) is 21.3 Å². The van der Waals surface area contributed by atoms with Gasteiger partial charge in [0.15, 0.2) is 0 Å². The van der Waals surface area contributed by atoms with Gasteiger partial charge >= 0.3 is 0 Å². The van der Waals surface area contributed by atoms with Gasteiger partial charge in [-0.3, -0.25) is 13.9 Å². The van der Waals surface area contributed by atoms with Gasteiger partial charge < -0.3 is 15.0 Å². The molecule has 0 aliphatic heterocycles. The molecule has 1 N–H and O–H groups in total. The summed E-state index contributed by atoms with van der Waals surface area (Å²) in [5.74, 6) is -0.547. The smallest absolute Gasteiger partial charge is 0.243 e. The van der Waals surface area contributed by atoms with Crippen molar-refractivity contribution in [1.82, 2.24) is 10.2 Å². The van der Waals surface area contributed by atoms with Gasteiger partial charge in [-0.25, -0.2) is 12.8 Å². The molecule has 0 aromatic heterocycles. The fraction of sp³-hybridized carbons (Fsp3) is 0.375. The highest BCUT2D eigenvalue weighted by Crippen LogP contribution is 2.30. The lowest BCUT2D eigenvalue weighted by atomic mass is 10.0. The highest BCUT2D eigenvalue weighted by Gasteiger charge is 2.30. The number of ether oxygens (including phenoxy) is 1. The van der Waals surface area contributed by atoms with E-state index in [-0.39, 0.29) is 37.7 Å². The number of hydrogen-bond donors (Lipinski definition) is 1. The molecule has 1 atom stereocenters. The van der Waals surface area contributed by atoms with Crippen molar-refractivity contribution in [2.45, 2.75) is 52.1 Å². The Morgan fingerprint density at radius 3 is 2.24 bits per heavy atom. The molecule has 3 aromatic carbocycles. The molecule has 0 aliphatic rings. The first kappa shape index (κ1) is 32.6. The minimum Gasteiger partial charge on any atom is -0.492 e. The zero-order valence-corrected chi connectivity index (χ0v) is 25.3. The summed E-state index contributed by atoms with van der Waals surface area (Å²) in [5, 5.41) is 2.92. The molecule has 0 bridgehead atoms. The molecular weight excluding hydrogens is 557 g/mol. The largest absolute Gasteiger partial charge is 0.492 e. The Morgan fingerprint density at radius 1 is 0.929 bits per heavy atom. The van der Waals surface area contributed by atoms with Crippen LogP contribution < -0.4 is 14.4 Å². The summed E-state index contributed by atoms with van der Waals surface area (Å²) in [6.45, 7) is 4.74. The molecule has 8 nitrogen and oxygen atoms in total. The summed E-state index contributed by atoms with van der Waals surface area (Å²) < 4.78 is 46.1. The highest BCUT2D eigenvalue weighted by molar-refractivity contribution is 7.92. The Bertz CT molecular complexity index is 1400. The maximum absolute atomic E-state index is 13.8. The van der Waals surface area contributed by atoms with Crippen LogP contribution in [0.5, 0.6) is 5.75 Å². The van der Waals surface area contributed by atoms with Gasteiger partial charge in [-0.1, -0.05) is 61.5 Å². The number of sulfonamides is 1. The number of halogens is 1. The first-order chi connectivity index (χ1) is 20.1. The average molecular weight is 598 g/mol. The molecule has 2 amide bonds. The Labute approximate surface area is 248 Å². The van der Waals surface area contributed by atoms with Crippen molar-refractivity contribution in [3.8, 4) is 5.75 Å². The molecule has 3 rings (SSSR count). The lowest BCUT2D eigenvalue weighted by molar-refractivity contribution is -0.141. The van der Waals surface area contributed by atoms with E-state index in [0.29, 0.717) is 36.6 Å². The van der Waals surface area contributed by atoms with Crippen molar-refractivity contribution in [3.63, 3.8) is 0 Å². The maximum Gasteiger partial charge on any atom is 0.243 e. The number of amides is 2. The van der Waals surface area contributed by atoms with Gasteiger partial charge in [0.25, 0.3) is 0 Å². The predicted octanol–water partition coefficient (Wildman–Crippen LogP) is 4.94. The third kappa shape index (κ3) is 9.58. The second kappa shape index (κ2) is 15.9. The normalized spacial score (nSPS) is 11.9. The van der Waals surface area contributed by atoms with Crippen LogP contribution in [-0.2, 0) is 32.6 Å². The lowest BCUT2D eigenvalue weighted by Crippen LogP contribution is -2.50. The van der Waals surface area contributed by atoms with Crippen LogP contribution in [0.15, 0.2) is 78.9 Å². The van der Waals surface area contributed by atoms with Crippen LogP contribution in [0, 0.1) is 5.82 Å². The van der Waals surface area contributed by atoms with E-state index in [1.54, 1.807) is 36.4 Å². The first-order valence-electron chi connectivity index (χ1n) is 14.2. The predicted molar refractivity (Wildman–Crippen MR) is 163 cm³/mol. The van der Waals surface area contributed by atoms with Crippen molar-refractivity contribution >= 4 is 27.5 Å². The summed E-state index contributed by atoms with van der Waals surface area (Å²) in [6.07, 6.45) is 2.35. The van der Waals surface area contributed by atoms with Crippen LogP contribution in [0.25, 0.3) is 0 Å². The molecule has 0 spiro atoms. The van der Waals surface area contributed by atoms with Gasteiger partial charge in [0, 0.05) is 32.5 Å². The van der Waals surface area contributed by atoms with Crippen LogP contribution in [0.2, 0.25) is 0 Å². The van der Waals surface area contributed by atoms with Crippen LogP contribution in [0.1, 0.15) is 44.2 Å². The van der Waals surface area contributed by atoms with Gasteiger partial charge in [-0.15, -0.1) is 0 Å². The molecule has 0 radical (unpaired) electrons. The van der Waals surface area contributed by atoms with Gasteiger partial charge in [-0.2, -0.15) is 0 Å². The SMILES string of the molecule is CCCNC(=O)C(Cc1ccccc1)N(Cc1ccc(F)cc1)C(=O)CCCN(c1ccccc1OCC)S(C)(=O)=O. The van der Waals surface area contributed by atoms with Crippen molar-refractivity contribution in [2.75, 3.05) is 30.3 Å². The van der Waals surface area contributed by atoms with E-state index >= 15 is 0 Å². The topological polar surface area (TPSA) is 96.0 Å². The molecule has 0 aliphatic carbocycles. The number of benzene rings is 3. The molecule has 226 valence electrons. The van der Waals surface area contributed by atoms with Gasteiger partial charge in [-0.05, 0) is 55.2 Å². The summed E-state index contributed by atoms with van der Waals surface area (Å²) in [6, 6.07) is 21.3. The van der Waals surface area contributed by atoms with Crippen molar-refractivity contribution in [2.24, 2.45) is 0 Å². The molecule has 1 unspecified atom stereocenters. The third-order valence-electron chi connectivity index (χ3n) is 6.67. The number of nitrogens with zero attached hydrogens (tertiary/aromatic N) is 2. The van der Waals surface area contributed by atoms with Crippen molar-refractivity contribution in [3.05, 3.63) is 95.8 Å². The molecule has 10 heteroatoms. The summed E-state index contributed by atoms with van der Waals surface area (Å²) >= 11 is 0. The van der Waals surface area contributed by atoms with Gasteiger partial charge in [0.2, 0.25) is 21.8 Å². The van der Waals surface area contributed by atoms with E-state index in [9.17, 15) is 22.4 Å². The lowest BCUT2D eigenvalue weighted by Gasteiger charge is -2.32. The fourth-order valence-corrected chi connectivity index (χ4v) is 5.60. The molecule has 0 saturated heterocycles. The monoisotopic (exact) mass is 597 g/mol. The van der Waals surface area contributed by atoms with Crippen LogP contribution >= 0.6 is 0 Å². The number of hydrogen-bond acceptors (Lipinski definition) is 5. The molecular formula is C32H40FN3O5S. The molecule has 42 heavy (non-hydrogen) atoms. The summed E-state index contributed by atoms with van der Waals surface area (Å²) in [4.78, 5) is 28.8. The molecule has 3 aromatic rings. The van der Waals surface area contributed by atoms with Crippen LogP contribution in [-0.4, -0.2) is 57.1 Å². The fourth-order valence-electron chi connectivity index (χ4n) is 4.63. The number of nitrogens with one attached hydrogen (secondary N) is 1. The van der Waals surface area contributed by atoms with Crippen molar-refractivity contribution in [1.29, 1.82) is 0 Å². The van der Waals surface area contributed by atoms with Gasteiger partial charge in [0.05, 0.1) is 18.6 Å². The molecule has 0 saturated carbocycles. The Hall–Kier alpha value is -3.92. The summed E-state index contributed by atoms with van der Waals surface area (Å²) in [7, 11) is -3.68. The number of anilines is 1. The second-order valence-corrected chi connectivity index (χ2v) is 11.9. The quantitative estimate of drug-likeness (QED) is 0.253. The Morgan fingerprint density at radius 2 is 1.60 bits per heavy atom. The standard InChI is InChI=1S/C32H40FN3O5S/c1-4-21-34-32(38)29(23-25-12-7-6-8-13-25)35(24-26-17-19-27(33)20-18-26)31(37)16-11-22-36(42(3,39)40)28-14-9-10-15-30(28)41-5-2/h6-10,12-15,17-20,29H,4-5,11,16,21-24H2,1-3H3,(H,34,38). The summed E-state index contributed by atoms with van der Waals surface area (Å²) in [5.41, 5.74) is 1.97.